The summed E-state index contributed by atoms with van der Waals surface area (Å²) >= 11 is 0. The van der Waals surface area contributed by atoms with Crippen molar-refractivity contribution in [3.63, 3.8) is 0 Å². The van der Waals surface area contributed by atoms with Crippen LogP contribution in [0.15, 0.2) is 18.3 Å². The Morgan fingerprint density at radius 3 is 3.00 bits per heavy atom. The van der Waals surface area contributed by atoms with Gasteiger partial charge in [-0.05, 0) is 44.0 Å². The Morgan fingerprint density at radius 2 is 2.38 bits per heavy atom. The molecule has 0 saturated carbocycles. The van der Waals surface area contributed by atoms with Gasteiger partial charge in [-0.2, -0.15) is 0 Å². The molecule has 1 heterocycles. The molecule has 0 aliphatic carbocycles. The zero-order chi connectivity index (χ0) is 11.8. The van der Waals surface area contributed by atoms with Crippen LogP contribution in [0.3, 0.4) is 0 Å². The molecule has 0 radical (unpaired) electrons. The molecule has 4 heteroatoms. The quantitative estimate of drug-likeness (QED) is 0.682. The maximum atomic E-state index is 5.65. The van der Waals surface area contributed by atoms with Crippen LogP contribution < -0.4 is 11.1 Å². The molecule has 0 aliphatic heterocycles. The normalized spacial score (nSPS) is 12.6. The number of methoxy groups -OCH3 is 1. The smallest absolute Gasteiger partial charge is 0.123 e. The SMILES string of the molecule is CNC(CCCOC)Cc1ccnc(N)c1. The van der Waals surface area contributed by atoms with E-state index in [0.717, 1.165) is 25.9 Å². The monoisotopic (exact) mass is 223 g/mol. The third-order valence-corrected chi connectivity index (χ3v) is 2.64. The predicted molar refractivity (Wildman–Crippen MR) is 66.3 cm³/mol. The number of anilines is 1. The van der Waals surface area contributed by atoms with E-state index in [1.807, 2.05) is 19.2 Å². The van der Waals surface area contributed by atoms with Gasteiger partial charge < -0.3 is 15.8 Å². The van der Waals surface area contributed by atoms with E-state index < -0.39 is 0 Å². The van der Waals surface area contributed by atoms with Gasteiger partial charge in [0.25, 0.3) is 0 Å². The van der Waals surface area contributed by atoms with Crippen LogP contribution in [0.2, 0.25) is 0 Å². The van der Waals surface area contributed by atoms with Crippen LogP contribution in [-0.2, 0) is 11.2 Å². The fourth-order valence-corrected chi connectivity index (χ4v) is 1.73. The molecule has 0 bridgehead atoms. The first-order valence-corrected chi connectivity index (χ1v) is 5.63. The molecular formula is C12H21N3O. The van der Waals surface area contributed by atoms with Gasteiger partial charge >= 0.3 is 0 Å². The number of hydrogen-bond donors (Lipinski definition) is 2. The van der Waals surface area contributed by atoms with Crippen LogP contribution in [0.5, 0.6) is 0 Å². The molecule has 4 nitrogen and oxygen atoms in total. The number of nitrogens with two attached hydrogens (primary N) is 1. The standard InChI is InChI=1S/C12H21N3O/c1-14-11(4-3-7-16-2)8-10-5-6-15-12(13)9-10/h5-6,9,11,14H,3-4,7-8H2,1-2H3,(H2,13,15). The molecule has 1 atom stereocenters. The van der Waals surface area contributed by atoms with E-state index in [1.54, 1.807) is 13.3 Å². The topological polar surface area (TPSA) is 60.2 Å². The highest BCUT2D eigenvalue weighted by Crippen LogP contribution is 2.09. The number of likely N-dealkylation sites (N-methyl/N-ethyl adjacent to an activating group) is 1. The van der Waals surface area contributed by atoms with Crippen LogP contribution in [-0.4, -0.2) is 31.8 Å². The molecule has 0 amide bonds. The number of aromatic nitrogens is 1. The van der Waals surface area contributed by atoms with Gasteiger partial charge in [0, 0.05) is 26.0 Å². The van der Waals surface area contributed by atoms with Crippen molar-refractivity contribution in [1.82, 2.24) is 10.3 Å². The predicted octanol–water partition coefficient (Wildman–Crippen LogP) is 1.22. The van der Waals surface area contributed by atoms with Gasteiger partial charge in [0.05, 0.1) is 0 Å². The van der Waals surface area contributed by atoms with E-state index in [0.29, 0.717) is 11.9 Å². The zero-order valence-electron chi connectivity index (χ0n) is 10.1. The molecule has 16 heavy (non-hydrogen) atoms. The molecular weight excluding hydrogens is 202 g/mol. The van der Waals surface area contributed by atoms with Crippen LogP contribution in [0.4, 0.5) is 5.82 Å². The lowest BCUT2D eigenvalue weighted by Gasteiger charge is -2.16. The molecule has 1 unspecified atom stereocenters. The summed E-state index contributed by atoms with van der Waals surface area (Å²) in [6.07, 6.45) is 4.91. The summed E-state index contributed by atoms with van der Waals surface area (Å²) in [4.78, 5) is 3.99. The molecule has 0 fully saturated rings. The van der Waals surface area contributed by atoms with Crippen LogP contribution in [0.25, 0.3) is 0 Å². The summed E-state index contributed by atoms with van der Waals surface area (Å²) in [5.74, 6) is 0.587. The first-order valence-electron chi connectivity index (χ1n) is 5.63. The minimum Gasteiger partial charge on any atom is -0.385 e. The van der Waals surface area contributed by atoms with Crippen molar-refractivity contribution in [2.45, 2.75) is 25.3 Å². The third-order valence-electron chi connectivity index (χ3n) is 2.64. The maximum Gasteiger partial charge on any atom is 0.123 e. The molecule has 90 valence electrons. The second-order valence-corrected chi connectivity index (χ2v) is 3.91. The van der Waals surface area contributed by atoms with Gasteiger partial charge in [0.15, 0.2) is 0 Å². The largest absolute Gasteiger partial charge is 0.385 e. The van der Waals surface area contributed by atoms with Crippen LogP contribution >= 0.6 is 0 Å². The Labute approximate surface area is 97.2 Å². The summed E-state index contributed by atoms with van der Waals surface area (Å²) in [6, 6.07) is 4.41. The van der Waals surface area contributed by atoms with E-state index in [1.165, 1.54) is 5.56 Å². The van der Waals surface area contributed by atoms with E-state index in [9.17, 15) is 0 Å². The van der Waals surface area contributed by atoms with E-state index >= 15 is 0 Å². The number of nitrogen functional groups attached to an aromatic ring is 1. The average molecular weight is 223 g/mol. The molecule has 1 aromatic rings. The first-order chi connectivity index (χ1) is 7.76. The number of rotatable bonds is 7. The minimum absolute atomic E-state index is 0.469. The lowest BCUT2D eigenvalue weighted by molar-refractivity contribution is 0.189. The van der Waals surface area contributed by atoms with Gasteiger partial charge in [-0.25, -0.2) is 4.98 Å². The van der Waals surface area contributed by atoms with Gasteiger partial charge in [-0.3, -0.25) is 0 Å². The lowest BCUT2D eigenvalue weighted by Crippen LogP contribution is -2.27. The molecule has 0 spiro atoms. The van der Waals surface area contributed by atoms with Gasteiger partial charge in [0.1, 0.15) is 5.82 Å². The Balaban J connectivity index is 2.43. The van der Waals surface area contributed by atoms with Crippen molar-refractivity contribution >= 4 is 5.82 Å². The average Bonchev–Trinajstić information content (AvgIpc) is 2.28. The van der Waals surface area contributed by atoms with Crippen molar-refractivity contribution in [2.24, 2.45) is 0 Å². The Bertz CT molecular complexity index is 304. The van der Waals surface area contributed by atoms with Crippen molar-refractivity contribution in [3.05, 3.63) is 23.9 Å². The zero-order valence-corrected chi connectivity index (χ0v) is 10.1. The summed E-state index contributed by atoms with van der Waals surface area (Å²) in [5.41, 5.74) is 6.87. The van der Waals surface area contributed by atoms with Gasteiger partial charge in [-0.1, -0.05) is 0 Å². The molecule has 1 rings (SSSR count). The summed E-state index contributed by atoms with van der Waals surface area (Å²) in [6.45, 7) is 0.816. The van der Waals surface area contributed by atoms with E-state index in [-0.39, 0.29) is 0 Å². The molecule has 1 aromatic heterocycles. The molecule has 0 aliphatic rings. The fourth-order valence-electron chi connectivity index (χ4n) is 1.73. The third kappa shape index (κ3) is 4.59. The second-order valence-electron chi connectivity index (χ2n) is 3.91. The maximum absolute atomic E-state index is 5.65. The second kappa shape index (κ2) is 7.19. The summed E-state index contributed by atoms with van der Waals surface area (Å²) in [7, 11) is 3.72. The van der Waals surface area contributed by atoms with Crippen molar-refractivity contribution < 1.29 is 4.74 Å². The number of ether oxygens (including phenoxy) is 1. The van der Waals surface area contributed by atoms with Crippen LogP contribution in [0, 0.1) is 0 Å². The highest BCUT2D eigenvalue weighted by Gasteiger charge is 2.07. The van der Waals surface area contributed by atoms with Gasteiger partial charge in [-0.15, -0.1) is 0 Å². The Hall–Kier alpha value is -1.13. The molecule has 3 N–H and O–H groups in total. The summed E-state index contributed by atoms with van der Waals surface area (Å²) < 4.78 is 5.05. The highest BCUT2D eigenvalue weighted by molar-refractivity contribution is 5.32. The van der Waals surface area contributed by atoms with Gasteiger partial charge in [0.2, 0.25) is 0 Å². The summed E-state index contributed by atoms with van der Waals surface area (Å²) in [5, 5.41) is 3.31. The number of hydrogen-bond acceptors (Lipinski definition) is 4. The van der Waals surface area contributed by atoms with Crippen molar-refractivity contribution in [3.8, 4) is 0 Å². The first kappa shape index (κ1) is 12.9. The highest BCUT2D eigenvalue weighted by atomic mass is 16.5. The number of pyridine rings is 1. The number of nitrogens with one attached hydrogen (secondary N) is 1. The molecule has 0 saturated heterocycles. The van der Waals surface area contributed by atoms with Crippen molar-refractivity contribution in [1.29, 1.82) is 0 Å². The molecule has 0 aromatic carbocycles. The van der Waals surface area contributed by atoms with E-state index in [2.05, 4.69) is 10.3 Å². The Morgan fingerprint density at radius 1 is 1.56 bits per heavy atom. The Kier molecular flexibility index (Phi) is 5.82. The van der Waals surface area contributed by atoms with Crippen molar-refractivity contribution in [2.75, 3.05) is 26.5 Å². The lowest BCUT2D eigenvalue weighted by atomic mass is 10.0. The number of nitrogens with zero attached hydrogens (tertiary/aromatic N) is 1. The van der Waals surface area contributed by atoms with Crippen LogP contribution in [0.1, 0.15) is 18.4 Å². The fraction of sp³-hybridized carbons (Fsp3) is 0.583. The minimum atomic E-state index is 0.469. The van der Waals surface area contributed by atoms with E-state index in [4.69, 9.17) is 10.5 Å².